The number of hydrogen-bond donors (Lipinski definition) is 1. The van der Waals surface area contributed by atoms with Crippen LogP contribution >= 0.6 is 0 Å². The minimum absolute atomic E-state index is 0.0105. The molecule has 1 unspecified atom stereocenters. The van der Waals surface area contributed by atoms with Crippen LogP contribution in [0.15, 0.2) is 0 Å². The average molecular weight is 199 g/mol. The second-order valence-corrected chi connectivity index (χ2v) is 3.82. The lowest BCUT2D eigenvalue weighted by Crippen LogP contribution is -2.26. The van der Waals surface area contributed by atoms with Crippen LogP contribution in [0, 0.1) is 5.92 Å². The largest absolute Gasteiger partial charge is 0.481 e. The molecule has 0 radical (unpaired) electrons. The Hall–Kier alpha value is -1.10. The van der Waals surface area contributed by atoms with Crippen molar-refractivity contribution in [3.63, 3.8) is 0 Å². The number of carbonyl (C=O) groups is 2. The van der Waals surface area contributed by atoms with Crippen LogP contribution in [0.2, 0.25) is 0 Å². The summed E-state index contributed by atoms with van der Waals surface area (Å²) in [5.41, 5.74) is 0. The molecule has 0 bridgehead atoms. The van der Waals surface area contributed by atoms with Crippen molar-refractivity contribution >= 4 is 11.9 Å². The van der Waals surface area contributed by atoms with Crippen molar-refractivity contribution in [1.82, 2.24) is 5.06 Å². The standard InChI is InChI=1S/C9H13NO4/c11-8-5-7(6-1-2-6)14-10(8)4-3-9(12)13/h6-7H,1-5H2,(H,12,13). The van der Waals surface area contributed by atoms with Crippen molar-refractivity contribution in [2.45, 2.75) is 31.8 Å². The van der Waals surface area contributed by atoms with E-state index < -0.39 is 5.97 Å². The number of aliphatic carboxylic acids is 1. The molecule has 1 amide bonds. The van der Waals surface area contributed by atoms with Gasteiger partial charge in [-0.15, -0.1) is 0 Å². The molecule has 1 saturated heterocycles. The summed E-state index contributed by atoms with van der Waals surface area (Å²) in [5, 5.41) is 9.66. The van der Waals surface area contributed by atoms with Crippen LogP contribution in [0.5, 0.6) is 0 Å². The lowest BCUT2D eigenvalue weighted by molar-refractivity contribution is -0.177. The Balaban J connectivity index is 1.81. The van der Waals surface area contributed by atoms with Crippen LogP contribution in [-0.4, -0.2) is 34.7 Å². The van der Waals surface area contributed by atoms with Crippen molar-refractivity contribution in [1.29, 1.82) is 0 Å². The maximum Gasteiger partial charge on any atom is 0.305 e. The lowest BCUT2D eigenvalue weighted by atomic mass is 10.2. The fraction of sp³-hybridized carbons (Fsp3) is 0.778. The van der Waals surface area contributed by atoms with E-state index in [0.717, 1.165) is 12.8 Å². The fourth-order valence-corrected chi connectivity index (χ4v) is 1.63. The van der Waals surface area contributed by atoms with Crippen LogP contribution in [0.1, 0.15) is 25.7 Å². The van der Waals surface area contributed by atoms with Gasteiger partial charge in [0, 0.05) is 0 Å². The summed E-state index contributed by atoms with van der Waals surface area (Å²) >= 11 is 0. The van der Waals surface area contributed by atoms with Crippen LogP contribution in [-0.2, 0) is 14.4 Å². The van der Waals surface area contributed by atoms with Crippen molar-refractivity contribution in [3.05, 3.63) is 0 Å². The van der Waals surface area contributed by atoms with E-state index in [1.807, 2.05) is 0 Å². The third kappa shape index (κ3) is 2.04. The summed E-state index contributed by atoms with van der Waals surface area (Å²) in [6, 6.07) is 0. The predicted octanol–water partition coefficient (Wildman–Crippen LogP) is 0.404. The van der Waals surface area contributed by atoms with Crippen LogP contribution in [0.3, 0.4) is 0 Å². The molecule has 1 N–H and O–H groups in total. The lowest BCUT2D eigenvalue weighted by Gasteiger charge is -2.14. The molecule has 2 fully saturated rings. The molecule has 1 aliphatic heterocycles. The van der Waals surface area contributed by atoms with Gasteiger partial charge in [-0.25, -0.2) is 5.06 Å². The van der Waals surface area contributed by atoms with Crippen molar-refractivity contribution < 1.29 is 19.5 Å². The van der Waals surface area contributed by atoms with Gasteiger partial charge in [0.05, 0.1) is 25.5 Å². The fourth-order valence-electron chi connectivity index (χ4n) is 1.63. The van der Waals surface area contributed by atoms with E-state index in [0.29, 0.717) is 12.3 Å². The van der Waals surface area contributed by atoms with Gasteiger partial charge in [-0.05, 0) is 18.8 Å². The Morgan fingerprint density at radius 2 is 2.29 bits per heavy atom. The van der Waals surface area contributed by atoms with E-state index in [-0.39, 0.29) is 25.0 Å². The quantitative estimate of drug-likeness (QED) is 0.711. The summed E-state index contributed by atoms with van der Waals surface area (Å²) in [6.07, 6.45) is 2.64. The molecule has 5 nitrogen and oxygen atoms in total. The number of carboxylic acids is 1. The smallest absolute Gasteiger partial charge is 0.305 e. The number of hydrogen-bond acceptors (Lipinski definition) is 3. The number of hydroxylamine groups is 2. The summed E-state index contributed by atoms with van der Waals surface area (Å²) in [5.74, 6) is -0.465. The monoisotopic (exact) mass is 199 g/mol. The van der Waals surface area contributed by atoms with Gasteiger partial charge in [0.25, 0.3) is 0 Å². The highest BCUT2D eigenvalue weighted by atomic mass is 16.7. The van der Waals surface area contributed by atoms with E-state index in [4.69, 9.17) is 9.94 Å². The minimum atomic E-state index is -0.906. The number of amides is 1. The third-order valence-corrected chi connectivity index (χ3v) is 2.59. The topological polar surface area (TPSA) is 66.8 Å². The van der Waals surface area contributed by atoms with E-state index in [2.05, 4.69) is 0 Å². The molecule has 1 aliphatic carbocycles. The molecule has 0 aromatic rings. The molecule has 0 spiro atoms. The zero-order valence-corrected chi connectivity index (χ0v) is 7.81. The first-order valence-corrected chi connectivity index (χ1v) is 4.86. The molecule has 14 heavy (non-hydrogen) atoms. The second-order valence-electron chi connectivity index (χ2n) is 3.82. The molecular weight excluding hydrogens is 186 g/mol. The zero-order chi connectivity index (χ0) is 10.1. The number of carbonyl (C=O) groups excluding carboxylic acids is 1. The van der Waals surface area contributed by atoms with Gasteiger partial charge in [0.2, 0.25) is 5.91 Å². The van der Waals surface area contributed by atoms with Crippen LogP contribution in [0.25, 0.3) is 0 Å². The Morgan fingerprint density at radius 1 is 1.57 bits per heavy atom. The number of carboxylic acid groups (broad SMARTS) is 1. The Morgan fingerprint density at radius 3 is 2.86 bits per heavy atom. The normalized spacial score (nSPS) is 27.0. The van der Waals surface area contributed by atoms with Gasteiger partial charge in [-0.2, -0.15) is 0 Å². The van der Waals surface area contributed by atoms with Crippen LogP contribution in [0.4, 0.5) is 0 Å². The zero-order valence-electron chi connectivity index (χ0n) is 7.81. The molecule has 1 saturated carbocycles. The molecule has 5 heteroatoms. The molecular formula is C9H13NO4. The van der Waals surface area contributed by atoms with Crippen molar-refractivity contribution in [2.24, 2.45) is 5.92 Å². The summed E-state index contributed by atoms with van der Waals surface area (Å²) in [6.45, 7) is 0.164. The molecule has 1 atom stereocenters. The van der Waals surface area contributed by atoms with Gasteiger partial charge < -0.3 is 5.11 Å². The summed E-state index contributed by atoms with van der Waals surface area (Å²) in [7, 11) is 0. The average Bonchev–Trinajstić information content (AvgIpc) is 2.88. The Labute approximate surface area is 81.6 Å². The first-order chi connectivity index (χ1) is 6.66. The van der Waals surface area contributed by atoms with E-state index in [9.17, 15) is 9.59 Å². The summed E-state index contributed by atoms with van der Waals surface area (Å²) < 4.78 is 0. The highest BCUT2D eigenvalue weighted by Crippen LogP contribution is 2.38. The first-order valence-electron chi connectivity index (χ1n) is 4.86. The Bertz CT molecular complexity index is 262. The number of nitrogens with zero attached hydrogens (tertiary/aromatic N) is 1. The van der Waals surface area contributed by atoms with Gasteiger partial charge in [0.15, 0.2) is 0 Å². The Kier molecular flexibility index (Phi) is 2.41. The van der Waals surface area contributed by atoms with E-state index >= 15 is 0 Å². The molecule has 0 aromatic carbocycles. The SMILES string of the molecule is O=C(O)CCN1OC(C2CC2)CC1=O. The summed E-state index contributed by atoms with van der Waals surface area (Å²) in [4.78, 5) is 27.0. The molecule has 78 valence electrons. The van der Waals surface area contributed by atoms with E-state index in [1.54, 1.807) is 0 Å². The van der Waals surface area contributed by atoms with Gasteiger partial charge >= 0.3 is 5.97 Å². The first kappa shape index (κ1) is 9.45. The third-order valence-electron chi connectivity index (χ3n) is 2.59. The maximum absolute atomic E-state index is 11.3. The van der Waals surface area contributed by atoms with Gasteiger partial charge in [0.1, 0.15) is 0 Å². The second kappa shape index (κ2) is 3.57. The molecule has 2 rings (SSSR count). The van der Waals surface area contributed by atoms with Gasteiger partial charge in [-0.3, -0.25) is 14.4 Å². The van der Waals surface area contributed by atoms with Gasteiger partial charge in [-0.1, -0.05) is 0 Å². The van der Waals surface area contributed by atoms with Crippen LogP contribution < -0.4 is 0 Å². The highest BCUT2D eigenvalue weighted by molar-refractivity contribution is 5.78. The predicted molar refractivity (Wildman–Crippen MR) is 46.2 cm³/mol. The molecule has 1 heterocycles. The van der Waals surface area contributed by atoms with Crippen molar-refractivity contribution in [3.8, 4) is 0 Å². The highest BCUT2D eigenvalue weighted by Gasteiger charge is 2.41. The number of rotatable bonds is 4. The molecule has 0 aromatic heterocycles. The minimum Gasteiger partial charge on any atom is -0.481 e. The van der Waals surface area contributed by atoms with E-state index in [1.165, 1.54) is 5.06 Å². The maximum atomic E-state index is 11.3. The molecule has 2 aliphatic rings. The van der Waals surface area contributed by atoms with Crippen molar-refractivity contribution in [2.75, 3.05) is 6.54 Å².